The van der Waals surface area contributed by atoms with Gasteiger partial charge in [0.25, 0.3) is 17.7 Å². The molecule has 1 heterocycles. The summed E-state index contributed by atoms with van der Waals surface area (Å²) >= 11 is 2.21. The van der Waals surface area contributed by atoms with E-state index in [-0.39, 0.29) is 27.7 Å². The van der Waals surface area contributed by atoms with Crippen molar-refractivity contribution in [2.75, 3.05) is 29.7 Å². The van der Waals surface area contributed by atoms with Crippen LogP contribution in [0, 0.1) is 6.92 Å². The van der Waals surface area contributed by atoms with Gasteiger partial charge in [-0.15, -0.1) is 23.1 Å². The van der Waals surface area contributed by atoms with E-state index in [1.807, 2.05) is 36.4 Å². The molecule has 0 aliphatic carbocycles. The second-order valence-corrected chi connectivity index (χ2v) is 15.0. The molecule has 6 rings (SSSR count). The van der Waals surface area contributed by atoms with E-state index in [2.05, 4.69) is 21.3 Å². The van der Waals surface area contributed by atoms with E-state index in [4.69, 9.17) is 9.47 Å². The zero-order valence-corrected chi connectivity index (χ0v) is 33.9. The van der Waals surface area contributed by atoms with Gasteiger partial charge >= 0.3 is 5.97 Å². The van der Waals surface area contributed by atoms with E-state index >= 15 is 0 Å². The van der Waals surface area contributed by atoms with Crippen molar-refractivity contribution in [2.45, 2.75) is 24.0 Å². The minimum absolute atomic E-state index is 0.0246. The molecule has 0 spiro atoms. The van der Waals surface area contributed by atoms with Crippen molar-refractivity contribution >= 4 is 75.1 Å². The molecule has 0 aliphatic heterocycles. The fourth-order valence-corrected chi connectivity index (χ4v) is 8.10. The number of esters is 1. The van der Waals surface area contributed by atoms with Gasteiger partial charge in [0.2, 0.25) is 5.91 Å². The molecule has 4 amide bonds. The lowest BCUT2D eigenvalue weighted by atomic mass is 10.1. The molecule has 298 valence electrons. The van der Waals surface area contributed by atoms with Crippen molar-refractivity contribution < 1.29 is 33.4 Å². The lowest BCUT2D eigenvalue weighted by molar-refractivity contribution is -0.116. The smallest absolute Gasteiger partial charge is 0.341 e. The van der Waals surface area contributed by atoms with E-state index in [0.29, 0.717) is 44.3 Å². The summed E-state index contributed by atoms with van der Waals surface area (Å²) in [5.41, 5.74) is 3.04. The van der Waals surface area contributed by atoms with Crippen LogP contribution in [0.15, 0.2) is 150 Å². The second-order valence-electron chi connectivity index (χ2n) is 12.8. The van der Waals surface area contributed by atoms with Gasteiger partial charge in [0.1, 0.15) is 21.7 Å². The van der Waals surface area contributed by atoms with Crippen LogP contribution in [-0.4, -0.2) is 43.3 Å². The van der Waals surface area contributed by atoms with Crippen LogP contribution >= 0.6 is 23.1 Å². The van der Waals surface area contributed by atoms with Crippen LogP contribution in [0.5, 0.6) is 5.75 Å². The van der Waals surface area contributed by atoms with E-state index < -0.39 is 34.8 Å². The van der Waals surface area contributed by atoms with Gasteiger partial charge in [-0.1, -0.05) is 91.0 Å². The molecule has 0 saturated carbocycles. The van der Waals surface area contributed by atoms with E-state index in [1.165, 1.54) is 24.9 Å². The molecular formula is C46H40N4O7S2. The molecule has 0 fully saturated rings. The first-order valence-electron chi connectivity index (χ1n) is 18.5. The van der Waals surface area contributed by atoms with Crippen LogP contribution in [-0.2, 0) is 14.3 Å². The maximum atomic E-state index is 14.3. The molecule has 1 aromatic heterocycles. The van der Waals surface area contributed by atoms with Crippen molar-refractivity contribution in [2.24, 2.45) is 0 Å². The highest BCUT2D eigenvalue weighted by Gasteiger charge is 2.30. The van der Waals surface area contributed by atoms with Crippen LogP contribution in [0.1, 0.15) is 59.3 Å². The van der Waals surface area contributed by atoms with Crippen LogP contribution in [0.4, 0.5) is 16.4 Å². The minimum atomic E-state index is -0.840. The third-order valence-electron chi connectivity index (χ3n) is 8.75. The fraction of sp³-hybridized carbons (Fsp3) is 0.109. The van der Waals surface area contributed by atoms with Gasteiger partial charge in [0, 0.05) is 27.4 Å². The summed E-state index contributed by atoms with van der Waals surface area (Å²) in [4.78, 5) is 69.0. The van der Waals surface area contributed by atoms with E-state index in [0.717, 1.165) is 11.3 Å². The topological polar surface area (TPSA) is 152 Å². The van der Waals surface area contributed by atoms with Crippen molar-refractivity contribution in [1.29, 1.82) is 0 Å². The lowest BCUT2D eigenvalue weighted by Gasteiger charge is -2.18. The predicted octanol–water partition coefficient (Wildman–Crippen LogP) is 9.38. The number of methoxy groups -OCH3 is 1. The maximum absolute atomic E-state index is 14.3. The Morgan fingerprint density at radius 3 is 2.07 bits per heavy atom. The third-order valence-corrected chi connectivity index (χ3v) is 11.2. The van der Waals surface area contributed by atoms with Crippen molar-refractivity contribution in [3.8, 4) is 5.75 Å². The number of nitrogens with one attached hydrogen (secondary N) is 4. The summed E-state index contributed by atoms with van der Waals surface area (Å²) in [5, 5.41) is 10.7. The molecular weight excluding hydrogens is 785 g/mol. The number of thioether (sulfide) groups is 1. The summed E-state index contributed by atoms with van der Waals surface area (Å²) in [6.07, 6.45) is 1.54. The van der Waals surface area contributed by atoms with Gasteiger partial charge in [0.15, 0.2) is 0 Å². The Hall–Kier alpha value is -6.96. The summed E-state index contributed by atoms with van der Waals surface area (Å²) < 4.78 is 10.8. The largest absolute Gasteiger partial charge is 0.496 e. The highest BCUT2D eigenvalue weighted by Crippen LogP contribution is 2.40. The van der Waals surface area contributed by atoms with Gasteiger partial charge < -0.3 is 30.7 Å². The Bertz CT molecular complexity index is 2490. The number of carbonyl (C=O) groups excluding carboxylic acids is 5. The number of anilines is 3. The Labute approximate surface area is 349 Å². The fourth-order valence-electron chi connectivity index (χ4n) is 5.92. The predicted molar refractivity (Wildman–Crippen MR) is 233 cm³/mol. The first-order chi connectivity index (χ1) is 28.6. The molecule has 5 aromatic carbocycles. The highest BCUT2D eigenvalue weighted by atomic mass is 32.2. The lowest BCUT2D eigenvalue weighted by Crippen LogP contribution is -2.30. The van der Waals surface area contributed by atoms with Crippen molar-refractivity contribution in [3.05, 3.63) is 178 Å². The maximum Gasteiger partial charge on any atom is 0.341 e. The number of para-hydroxylation sites is 2. The number of thiophene rings is 1. The number of hydrogen-bond donors (Lipinski definition) is 4. The van der Waals surface area contributed by atoms with E-state index in [1.54, 1.807) is 117 Å². The van der Waals surface area contributed by atoms with E-state index in [9.17, 15) is 24.0 Å². The Morgan fingerprint density at radius 2 is 1.37 bits per heavy atom. The minimum Gasteiger partial charge on any atom is -0.496 e. The van der Waals surface area contributed by atoms with Crippen LogP contribution < -0.4 is 26.0 Å². The van der Waals surface area contributed by atoms with Crippen molar-refractivity contribution in [1.82, 2.24) is 5.32 Å². The quantitative estimate of drug-likeness (QED) is 0.0454. The Balaban J connectivity index is 1.27. The van der Waals surface area contributed by atoms with Gasteiger partial charge in [0.05, 0.1) is 24.2 Å². The normalized spacial score (nSPS) is 11.5. The number of rotatable bonds is 15. The molecule has 11 nitrogen and oxygen atoms in total. The van der Waals surface area contributed by atoms with Crippen LogP contribution in [0.25, 0.3) is 6.08 Å². The highest BCUT2D eigenvalue weighted by molar-refractivity contribution is 8.00. The van der Waals surface area contributed by atoms with Gasteiger partial charge in [-0.25, -0.2) is 4.79 Å². The molecule has 0 bridgehead atoms. The third kappa shape index (κ3) is 10.7. The molecule has 59 heavy (non-hydrogen) atoms. The molecule has 13 heteroatoms. The summed E-state index contributed by atoms with van der Waals surface area (Å²) in [6.45, 7) is 3.42. The number of carbonyl (C=O) groups is 5. The van der Waals surface area contributed by atoms with Gasteiger partial charge in [-0.3, -0.25) is 19.2 Å². The Morgan fingerprint density at radius 1 is 0.729 bits per heavy atom. The second kappa shape index (κ2) is 19.9. The average molecular weight is 825 g/mol. The van der Waals surface area contributed by atoms with Crippen LogP contribution in [0.2, 0.25) is 0 Å². The first-order valence-corrected chi connectivity index (χ1v) is 20.2. The molecule has 4 N–H and O–H groups in total. The van der Waals surface area contributed by atoms with Crippen LogP contribution in [0.3, 0.4) is 0 Å². The SMILES string of the molecule is CCOC(=O)c1c(NC(=O)C(Sc2cccc(NC(=O)/C(=C\c3ccccc3OC)NC(=O)c3ccccc3)c2)c2ccccc2)sc(C(=O)Nc2ccccc2)c1C. The molecule has 0 saturated heterocycles. The summed E-state index contributed by atoms with van der Waals surface area (Å²) in [6, 6.07) is 40.6. The molecule has 0 radical (unpaired) electrons. The number of amides is 4. The monoisotopic (exact) mass is 824 g/mol. The molecule has 0 aliphatic rings. The van der Waals surface area contributed by atoms with Crippen molar-refractivity contribution in [3.63, 3.8) is 0 Å². The first kappa shape index (κ1) is 41.7. The number of ether oxygens (including phenoxy) is 2. The molecule has 1 atom stereocenters. The number of benzene rings is 5. The summed E-state index contributed by atoms with van der Waals surface area (Å²) in [7, 11) is 1.52. The average Bonchev–Trinajstić information content (AvgIpc) is 3.58. The molecule has 6 aromatic rings. The van der Waals surface area contributed by atoms with Gasteiger partial charge in [-0.05, 0) is 79.6 Å². The molecule has 1 unspecified atom stereocenters. The van der Waals surface area contributed by atoms with Gasteiger partial charge in [-0.2, -0.15) is 0 Å². The zero-order chi connectivity index (χ0) is 41.7. The standard InChI is InChI=1S/C46H40N4O7S2/c1-4-57-46(55)38-29(2)39(43(53)47-33-22-12-7-13-23-33)59-45(38)50-44(54)40(30-17-8-5-9-18-30)58-35-25-16-24-34(28-35)48-42(52)36(27-32-21-14-15-26-37(32)56-3)49-41(51)31-19-10-6-11-20-31/h5-28,40H,4H2,1-3H3,(H,47,53)(H,48,52)(H,49,51)(H,50,54)/b36-27+. The Kier molecular flexibility index (Phi) is 14.1. The zero-order valence-electron chi connectivity index (χ0n) is 32.3. The summed E-state index contributed by atoms with van der Waals surface area (Å²) in [5.74, 6) is -2.11. The number of hydrogen-bond acceptors (Lipinski definition) is 9.